The predicted molar refractivity (Wildman–Crippen MR) is 94.7 cm³/mol. The number of allylic oxidation sites excluding steroid dienone is 5. The van der Waals surface area contributed by atoms with Gasteiger partial charge in [0.15, 0.2) is 0 Å². The number of carbonyl (C=O) groups is 1. The van der Waals surface area contributed by atoms with E-state index in [0.717, 1.165) is 6.42 Å². The highest BCUT2D eigenvalue weighted by Gasteiger charge is 2.44. The largest absolute Gasteiger partial charge is 0.393 e. The molecule has 23 heavy (non-hydrogen) atoms. The Morgan fingerprint density at radius 3 is 2.61 bits per heavy atom. The summed E-state index contributed by atoms with van der Waals surface area (Å²) >= 11 is 0. The molecule has 0 aromatic heterocycles. The third-order valence-corrected chi connectivity index (χ3v) is 5.85. The van der Waals surface area contributed by atoms with Crippen LogP contribution in [0.3, 0.4) is 0 Å². The van der Waals surface area contributed by atoms with Crippen LogP contribution in [0.5, 0.6) is 0 Å². The first-order chi connectivity index (χ1) is 10.9. The van der Waals surface area contributed by atoms with Crippen LogP contribution in [0.2, 0.25) is 0 Å². The third kappa shape index (κ3) is 3.77. The molecule has 3 nitrogen and oxygen atoms in total. The topological polar surface area (TPSA) is 49.3 Å². The Bertz CT molecular complexity index is 520. The maximum atomic E-state index is 11.6. The molecule has 0 aromatic rings. The molecule has 0 heterocycles. The molecule has 2 N–H and O–H groups in total. The van der Waals surface area contributed by atoms with Crippen molar-refractivity contribution >= 4 is 5.91 Å². The lowest BCUT2D eigenvalue weighted by molar-refractivity contribution is -0.116. The Hall–Kier alpha value is -1.35. The molecular weight excluding hydrogens is 286 g/mol. The van der Waals surface area contributed by atoms with Crippen LogP contribution in [-0.2, 0) is 4.79 Å². The van der Waals surface area contributed by atoms with Crippen molar-refractivity contribution in [1.82, 2.24) is 5.32 Å². The number of likely N-dealkylation sites (N-methyl/N-ethyl adjacent to an activating group) is 1. The number of rotatable bonds is 3. The van der Waals surface area contributed by atoms with Gasteiger partial charge in [0, 0.05) is 12.6 Å². The Morgan fingerprint density at radius 1 is 1.26 bits per heavy atom. The molecule has 0 radical (unpaired) electrons. The summed E-state index contributed by atoms with van der Waals surface area (Å²) in [5.41, 5.74) is 0.713. The van der Waals surface area contributed by atoms with Crippen molar-refractivity contribution in [2.24, 2.45) is 35.5 Å². The van der Waals surface area contributed by atoms with Crippen molar-refractivity contribution in [3.05, 3.63) is 36.0 Å². The van der Waals surface area contributed by atoms with Gasteiger partial charge in [-0.05, 0) is 48.9 Å². The van der Waals surface area contributed by atoms with Gasteiger partial charge >= 0.3 is 0 Å². The number of hydrogen-bond donors (Lipinski definition) is 2. The maximum Gasteiger partial charge on any atom is 0.246 e. The third-order valence-electron chi connectivity index (χ3n) is 5.85. The first kappa shape index (κ1) is 18.0. The van der Waals surface area contributed by atoms with Crippen LogP contribution in [0.1, 0.15) is 34.1 Å². The molecule has 128 valence electrons. The number of aliphatic hydroxyl groups is 1. The lowest BCUT2D eigenvalue weighted by atomic mass is 9.58. The highest BCUT2D eigenvalue weighted by molar-refractivity contribution is 5.92. The molecule has 1 saturated carbocycles. The second kappa shape index (κ2) is 7.48. The van der Waals surface area contributed by atoms with Gasteiger partial charge in [0.2, 0.25) is 5.91 Å². The molecule has 2 aliphatic rings. The maximum absolute atomic E-state index is 11.6. The van der Waals surface area contributed by atoms with E-state index in [0.29, 0.717) is 41.1 Å². The first-order valence-corrected chi connectivity index (χ1v) is 8.80. The van der Waals surface area contributed by atoms with Crippen LogP contribution < -0.4 is 5.32 Å². The van der Waals surface area contributed by atoms with Crippen molar-refractivity contribution in [1.29, 1.82) is 0 Å². The van der Waals surface area contributed by atoms with E-state index in [2.05, 4.69) is 44.3 Å². The predicted octanol–water partition coefficient (Wildman–Crippen LogP) is 3.33. The van der Waals surface area contributed by atoms with Gasteiger partial charge in [-0.2, -0.15) is 0 Å². The van der Waals surface area contributed by atoms with Crippen LogP contribution in [-0.4, -0.2) is 24.2 Å². The zero-order valence-electron chi connectivity index (χ0n) is 15.0. The Balaban J connectivity index is 2.19. The van der Waals surface area contributed by atoms with E-state index in [4.69, 9.17) is 0 Å². The molecule has 0 bridgehead atoms. The molecule has 3 heteroatoms. The summed E-state index contributed by atoms with van der Waals surface area (Å²) in [6.07, 6.45) is 11.7. The second-order valence-corrected chi connectivity index (χ2v) is 7.44. The van der Waals surface area contributed by atoms with Gasteiger partial charge in [-0.3, -0.25) is 4.79 Å². The van der Waals surface area contributed by atoms with Gasteiger partial charge in [0.25, 0.3) is 0 Å². The summed E-state index contributed by atoms with van der Waals surface area (Å²) in [4.78, 5) is 11.6. The fourth-order valence-electron chi connectivity index (χ4n) is 4.41. The van der Waals surface area contributed by atoms with Gasteiger partial charge in [-0.15, -0.1) is 0 Å². The van der Waals surface area contributed by atoms with E-state index < -0.39 is 0 Å². The average molecular weight is 317 g/mol. The molecule has 2 rings (SSSR count). The molecule has 0 spiro atoms. The van der Waals surface area contributed by atoms with Crippen molar-refractivity contribution in [3.8, 4) is 0 Å². The lowest BCUT2D eigenvalue weighted by Crippen LogP contribution is -2.46. The van der Waals surface area contributed by atoms with Crippen molar-refractivity contribution in [2.75, 3.05) is 7.05 Å². The van der Waals surface area contributed by atoms with Crippen LogP contribution in [0.4, 0.5) is 0 Å². The van der Waals surface area contributed by atoms with Gasteiger partial charge < -0.3 is 10.4 Å². The van der Waals surface area contributed by atoms with Crippen LogP contribution >= 0.6 is 0 Å². The van der Waals surface area contributed by atoms with Crippen molar-refractivity contribution in [3.63, 3.8) is 0 Å². The zero-order chi connectivity index (χ0) is 17.1. The number of hydrogen-bond acceptors (Lipinski definition) is 2. The minimum atomic E-state index is -0.214. The monoisotopic (exact) mass is 317 g/mol. The summed E-state index contributed by atoms with van der Waals surface area (Å²) in [6.45, 7) is 8.42. The summed E-state index contributed by atoms with van der Waals surface area (Å²) in [5, 5.41) is 13.1. The van der Waals surface area contributed by atoms with E-state index in [1.54, 1.807) is 7.05 Å². The first-order valence-electron chi connectivity index (χ1n) is 8.80. The molecular formula is C20H31NO2. The number of amides is 1. The molecule has 7 atom stereocenters. The Kier molecular flexibility index (Phi) is 5.85. The highest BCUT2D eigenvalue weighted by atomic mass is 16.3. The van der Waals surface area contributed by atoms with Gasteiger partial charge in [0.1, 0.15) is 0 Å². The fraction of sp³-hybridized carbons (Fsp3) is 0.650. The molecule has 1 fully saturated rings. The molecule has 0 aliphatic heterocycles. The van der Waals surface area contributed by atoms with Crippen molar-refractivity contribution in [2.45, 2.75) is 40.2 Å². The lowest BCUT2D eigenvalue weighted by Gasteiger charge is -2.48. The number of carbonyl (C=O) groups excluding carboxylic acids is 1. The standard InChI is InChI=1S/C20H31NO2/c1-12-9-10-16-11-14(3)19(22)15(4)18(16)17(12)8-6-7-13(2)20(23)21-5/h6-10,12,14-19,22H,11H2,1-5H3,(H,21,23)/b8-6+,13-7+/t12-,14+,15-,16-,17-,18-,19-/m0/s1. The average Bonchev–Trinajstić information content (AvgIpc) is 2.54. The van der Waals surface area contributed by atoms with Crippen LogP contribution in [0, 0.1) is 35.5 Å². The minimum absolute atomic E-state index is 0.0422. The van der Waals surface area contributed by atoms with E-state index >= 15 is 0 Å². The Morgan fingerprint density at radius 2 is 1.96 bits per heavy atom. The number of fused-ring (bicyclic) bond motifs is 1. The molecule has 1 amide bonds. The van der Waals surface area contributed by atoms with E-state index in [1.807, 2.05) is 19.1 Å². The van der Waals surface area contributed by atoms with E-state index in [9.17, 15) is 9.90 Å². The summed E-state index contributed by atoms with van der Waals surface area (Å²) in [6, 6.07) is 0. The number of aliphatic hydroxyl groups excluding tert-OH is 1. The van der Waals surface area contributed by atoms with Gasteiger partial charge in [-0.1, -0.05) is 51.2 Å². The minimum Gasteiger partial charge on any atom is -0.393 e. The number of nitrogens with one attached hydrogen (secondary N) is 1. The van der Waals surface area contributed by atoms with Gasteiger partial charge in [0.05, 0.1) is 6.10 Å². The fourth-order valence-corrected chi connectivity index (χ4v) is 4.41. The van der Waals surface area contributed by atoms with E-state index in [-0.39, 0.29) is 12.0 Å². The van der Waals surface area contributed by atoms with Gasteiger partial charge in [-0.25, -0.2) is 0 Å². The summed E-state index contributed by atoms with van der Waals surface area (Å²) in [7, 11) is 1.65. The molecule has 2 aliphatic carbocycles. The second-order valence-electron chi connectivity index (χ2n) is 7.44. The van der Waals surface area contributed by atoms with Crippen LogP contribution in [0.25, 0.3) is 0 Å². The zero-order valence-corrected chi connectivity index (χ0v) is 15.0. The molecule has 0 saturated heterocycles. The molecule has 0 aromatic carbocycles. The summed E-state index contributed by atoms with van der Waals surface area (Å²) in [5.74, 6) is 2.53. The SMILES string of the molecule is CNC(=O)/C(C)=C/C=C/[C@@H]1[C@H]2[C@H](C)[C@@H](O)[C@H](C)C[C@@H]2C=C[C@@H]1C. The van der Waals surface area contributed by atoms with Crippen molar-refractivity contribution < 1.29 is 9.90 Å². The Labute approximate surface area is 140 Å². The van der Waals surface area contributed by atoms with Crippen LogP contribution in [0.15, 0.2) is 36.0 Å². The summed E-state index contributed by atoms with van der Waals surface area (Å²) < 4.78 is 0. The smallest absolute Gasteiger partial charge is 0.246 e. The molecule has 0 unspecified atom stereocenters. The highest BCUT2D eigenvalue weighted by Crippen LogP contribution is 2.48. The normalized spacial score (nSPS) is 41.0. The van der Waals surface area contributed by atoms with E-state index in [1.165, 1.54) is 0 Å². The quantitative estimate of drug-likeness (QED) is 0.476.